The Morgan fingerprint density at radius 1 is 1.07 bits per heavy atom. The molecule has 1 aliphatic carbocycles. The number of hydrogen-bond donors (Lipinski definition) is 1. The first-order valence-electron chi connectivity index (χ1n) is 14.6. The number of ketones is 1. The Bertz CT molecular complexity index is 1640. The molecule has 9 nitrogen and oxygen atoms in total. The van der Waals surface area contributed by atoms with Crippen LogP contribution in [0.25, 0.3) is 10.8 Å². The summed E-state index contributed by atoms with van der Waals surface area (Å²) in [5.74, 6) is -1.13. The Labute approximate surface area is 251 Å². The molecule has 1 heterocycles. The summed E-state index contributed by atoms with van der Waals surface area (Å²) in [6.07, 6.45) is 5.11. The Morgan fingerprint density at radius 2 is 1.79 bits per heavy atom. The van der Waals surface area contributed by atoms with Gasteiger partial charge in [0.1, 0.15) is 5.78 Å². The monoisotopic (exact) mass is 580 g/mol. The maximum absolute atomic E-state index is 14.4. The minimum absolute atomic E-state index is 0.00451. The fourth-order valence-corrected chi connectivity index (χ4v) is 5.81. The van der Waals surface area contributed by atoms with Crippen LogP contribution in [0.4, 0.5) is 11.4 Å². The van der Waals surface area contributed by atoms with E-state index in [2.05, 4.69) is 23.5 Å². The van der Waals surface area contributed by atoms with Gasteiger partial charge in [0.15, 0.2) is 0 Å². The average Bonchev–Trinajstić information content (AvgIpc) is 3.14. The number of anilines is 2. The Balaban J connectivity index is 1.57. The average molecular weight is 581 g/mol. The van der Waals surface area contributed by atoms with Crippen LogP contribution in [-0.2, 0) is 20.9 Å². The van der Waals surface area contributed by atoms with Gasteiger partial charge in [0, 0.05) is 29.9 Å². The quantitative estimate of drug-likeness (QED) is 0.277. The summed E-state index contributed by atoms with van der Waals surface area (Å²) in [5, 5.41) is 16.4. The van der Waals surface area contributed by atoms with E-state index in [1.807, 2.05) is 49.4 Å². The van der Waals surface area contributed by atoms with Crippen LogP contribution in [-0.4, -0.2) is 48.2 Å². The smallest absolute Gasteiger partial charge is 0.258 e. The van der Waals surface area contributed by atoms with Gasteiger partial charge in [-0.15, -0.1) is 0 Å². The predicted octanol–water partition coefficient (Wildman–Crippen LogP) is 5.13. The van der Waals surface area contributed by atoms with E-state index in [1.165, 1.54) is 12.2 Å². The molecular weight excluding hydrogens is 544 g/mol. The first-order valence-corrected chi connectivity index (χ1v) is 14.6. The lowest BCUT2D eigenvalue weighted by Gasteiger charge is -2.27. The lowest BCUT2D eigenvalue weighted by atomic mass is 9.95. The molecule has 1 N–H and O–H groups in total. The molecule has 2 amide bonds. The van der Waals surface area contributed by atoms with Gasteiger partial charge in [-0.3, -0.25) is 24.5 Å². The number of carbonyl (C=O) groups excluding carboxylic acids is 3. The van der Waals surface area contributed by atoms with Gasteiger partial charge < -0.3 is 15.1 Å². The lowest BCUT2D eigenvalue weighted by molar-refractivity contribution is -0.508. The summed E-state index contributed by atoms with van der Waals surface area (Å²) in [6, 6.07) is 18.3. The highest BCUT2D eigenvalue weighted by atomic mass is 16.6. The maximum atomic E-state index is 14.4. The van der Waals surface area contributed by atoms with Crippen LogP contribution >= 0.6 is 0 Å². The molecule has 0 bridgehead atoms. The summed E-state index contributed by atoms with van der Waals surface area (Å²) in [7, 11) is 1.72. The number of hydrogen-bond acceptors (Lipinski definition) is 6. The third-order valence-corrected chi connectivity index (χ3v) is 8.57. The van der Waals surface area contributed by atoms with Gasteiger partial charge in [0.2, 0.25) is 11.9 Å². The van der Waals surface area contributed by atoms with Gasteiger partial charge in [-0.2, -0.15) is 0 Å². The van der Waals surface area contributed by atoms with E-state index in [1.54, 1.807) is 29.8 Å². The zero-order valence-electron chi connectivity index (χ0n) is 24.7. The molecule has 43 heavy (non-hydrogen) atoms. The molecule has 1 aliphatic heterocycles. The lowest BCUT2D eigenvalue weighted by Crippen LogP contribution is -2.41. The van der Waals surface area contributed by atoms with Crippen LogP contribution in [0.1, 0.15) is 37.3 Å². The zero-order valence-corrected chi connectivity index (χ0v) is 24.7. The SMILES string of the molecule is CN[C@@H](C)C(=O)CCC1CN(C(=O)C2=CCC([N+](=O)[O-])C=C2)c2ccccc2N(Cc2c(C)ccc3ccccc23)C1=O. The van der Waals surface area contributed by atoms with Crippen LogP contribution in [0, 0.1) is 23.0 Å². The molecule has 222 valence electrons. The number of fused-ring (bicyclic) bond motifs is 2. The van der Waals surface area contributed by atoms with Crippen molar-refractivity contribution in [2.24, 2.45) is 5.92 Å². The Hall–Kier alpha value is -4.63. The van der Waals surface area contributed by atoms with Crippen molar-refractivity contribution in [1.29, 1.82) is 0 Å². The molecule has 0 radical (unpaired) electrons. The number of para-hydroxylation sites is 2. The van der Waals surface area contributed by atoms with Crippen molar-refractivity contribution in [3.63, 3.8) is 0 Å². The van der Waals surface area contributed by atoms with Crippen molar-refractivity contribution in [3.05, 3.63) is 106 Å². The first-order chi connectivity index (χ1) is 20.7. The number of carbonyl (C=O) groups is 3. The van der Waals surface area contributed by atoms with Crippen LogP contribution in [0.5, 0.6) is 0 Å². The van der Waals surface area contributed by atoms with E-state index in [0.717, 1.165) is 21.9 Å². The molecule has 0 spiro atoms. The molecule has 0 fully saturated rings. The second-order valence-corrected chi connectivity index (χ2v) is 11.2. The minimum Gasteiger partial charge on any atom is -0.311 e. The van der Waals surface area contributed by atoms with Gasteiger partial charge in [0.25, 0.3) is 5.91 Å². The molecule has 0 saturated carbocycles. The fourth-order valence-electron chi connectivity index (χ4n) is 5.81. The van der Waals surface area contributed by atoms with Crippen LogP contribution in [0.15, 0.2) is 84.5 Å². The van der Waals surface area contributed by atoms with E-state index in [0.29, 0.717) is 23.5 Å². The van der Waals surface area contributed by atoms with Crippen molar-refractivity contribution >= 4 is 39.7 Å². The molecule has 5 rings (SSSR count). The van der Waals surface area contributed by atoms with Gasteiger partial charge in [-0.1, -0.05) is 54.6 Å². The van der Waals surface area contributed by atoms with Crippen LogP contribution < -0.4 is 15.1 Å². The summed E-state index contributed by atoms with van der Waals surface area (Å²) in [6.45, 7) is 4.21. The second-order valence-electron chi connectivity index (χ2n) is 11.2. The number of nitrogens with zero attached hydrogens (tertiary/aromatic N) is 3. The molecule has 0 saturated heterocycles. The second kappa shape index (κ2) is 12.7. The van der Waals surface area contributed by atoms with E-state index in [9.17, 15) is 24.5 Å². The Morgan fingerprint density at radius 3 is 2.49 bits per heavy atom. The summed E-state index contributed by atoms with van der Waals surface area (Å²) in [5.41, 5.74) is 3.60. The van der Waals surface area contributed by atoms with Crippen molar-refractivity contribution in [3.8, 4) is 0 Å². The summed E-state index contributed by atoms with van der Waals surface area (Å²) in [4.78, 5) is 55.5. The number of benzene rings is 3. The number of amides is 2. The first kappa shape index (κ1) is 29.8. The zero-order chi connectivity index (χ0) is 30.7. The van der Waals surface area contributed by atoms with Gasteiger partial charge in [-0.25, -0.2) is 0 Å². The molecule has 2 unspecified atom stereocenters. The van der Waals surface area contributed by atoms with E-state index >= 15 is 0 Å². The normalized spacial score (nSPS) is 19.0. The number of nitro groups is 1. The number of aryl methyl sites for hydroxylation is 1. The molecule has 9 heteroatoms. The van der Waals surface area contributed by atoms with Crippen LogP contribution in [0.2, 0.25) is 0 Å². The standard InChI is InChI=1S/C34H36N4O5/c1-22-12-13-24-8-4-5-9-28(24)29(22)21-37-31-11-7-6-10-30(31)36(33(40)25-14-17-27(18-15-25)38(42)43)20-26(34(37)41)16-19-32(39)23(2)35-3/h4-15,17,23,26-27,35H,16,18-21H2,1-3H3/t23-,26?,27?/m0/s1. The minimum atomic E-state index is -0.873. The molecule has 3 aromatic carbocycles. The summed E-state index contributed by atoms with van der Waals surface area (Å²) < 4.78 is 0. The van der Waals surface area contributed by atoms with E-state index < -0.39 is 12.0 Å². The highest BCUT2D eigenvalue weighted by Gasteiger charge is 2.37. The van der Waals surface area contributed by atoms with Crippen molar-refractivity contribution in [2.75, 3.05) is 23.4 Å². The van der Waals surface area contributed by atoms with Gasteiger partial charge in [-0.05, 0) is 73.5 Å². The third kappa shape index (κ3) is 6.12. The third-order valence-electron chi connectivity index (χ3n) is 8.57. The highest BCUT2D eigenvalue weighted by Crippen LogP contribution is 2.38. The summed E-state index contributed by atoms with van der Waals surface area (Å²) >= 11 is 0. The number of rotatable bonds is 9. The fraction of sp³-hybridized carbons (Fsp3) is 0.324. The van der Waals surface area contributed by atoms with Crippen LogP contribution in [0.3, 0.4) is 0 Å². The topological polar surface area (TPSA) is 113 Å². The number of nitrogens with one attached hydrogen (secondary N) is 1. The van der Waals surface area contributed by atoms with Gasteiger partial charge >= 0.3 is 0 Å². The predicted molar refractivity (Wildman–Crippen MR) is 168 cm³/mol. The largest absolute Gasteiger partial charge is 0.311 e. The molecule has 3 atom stereocenters. The molecule has 0 aromatic heterocycles. The van der Waals surface area contributed by atoms with E-state index in [4.69, 9.17) is 0 Å². The maximum Gasteiger partial charge on any atom is 0.258 e. The number of Topliss-reactive ketones (excluding diaryl/α,β-unsaturated/α-hetero) is 1. The number of likely N-dealkylation sites (N-methyl/N-ethyl adjacent to an activating group) is 1. The van der Waals surface area contributed by atoms with Gasteiger partial charge in [0.05, 0.1) is 29.9 Å². The molecule has 3 aromatic rings. The Kier molecular flexibility index (Phi) is 8.82. The molecule has 2 aliphatic rings. The van der Waals surface area contributed by atoms with E-state index in [-0.39, 0.29) is 54.4 Å². The van der Waals surface area contributed by atoms with Crippen molar-refractivity contribution in [2.45, 2.75) is 51.7 Å². The highest BCUT2D eigenvalue weighted by molar-refractivity contribution is 6.12. The molecular formula is C34H36N4O5. The van der Waals surface area contributed by atoms with Crippen molar-refractivity contribution in [1.82, 2.24) is 5.32 Å². The van der Waals surface area contributed by atoms with Crippen molar-refractivity contribution < 1.29 is 19.3 Å².